The number of hydrogen-bond donors (Lipinski definition) is 0. The Morgan fingerprint density at radius 2 is 1.08 bits per heavy atom. The lowest BCUT2D eigenvalue weighted by molar-refractivity contribution is 0.505. The maximum Gasteiger partial charge on any atom is 0.0541 e. The highest BCUT2D eigenvalue weighted by molar-refractivity contribution is 6.10. The third kappa shape index (κ3) is 6.13. The number of fused-ring (bicyclic) bond motifs is 3. The molecule has 1 aliphatic rings. The van der Waals surface area contributed by atoms with Gasteiger partial charge in [-0.1, -0.05) is 164 Å². The van der Waals surface area contributed by atoms with Gasteiger partial charge in [0.2, 0.25) is 0 Å². The van der Waals surface area contributed by atoms with E-state index in [-0.39, 0.29) is 0 Å². The topological polar surface area (TPSA) is 4.93 Å². The fraction of sp³-hybridized carbons (Fsp3) is 0.0800. The fourth-order valence-corrected chi connectivity index (χ4v) is 7.99. The summed E-state index contributed by atoms with van der Waals surface area (Å²) in [6.07, 6.45) is 11.2. The quantitative estimate of drug-likeness (QED) is 0.154. The largest absolute Gasteiger partial charge is 0.309 e. The number of para-hydroxylation sites is 1. The highest BCUT2D eigenvalue weighted by Gasteiger charge is 2.22. The molecule has 2 unspecified atom stereocenters. The van der Waals surface area contributed by atoms with E-state index >= 15 is 0 Å². The first-order valence-corrected chi connectivity index (χ1v) is 18.1. The van der Waals surface area contributed by atoms with Crippen LogP contribution in [0, 0.1) is 5.92 Å². The summed E-state index contributed by atoms with van der Waals surface area (Å²) in [5.74, 6) is 0.934. The van der Waals surface area contributed by atoms with Crippen molar-refractivity contribution in [2.24, 2.45) is 5.92 Å². The molecule has 0 aliphatic heterocycles. The zero-order valence-corrected chi connectivity index (χ0v) is 28.6. The Balaban J connectivity index is 1.05. The summed E-state index contributed by atoms with van der Waals surface area (Å²) in [4.78, 5) is 0. The zero-order valence-electron chi connectivity index (χ0n) is 28.6. The van der Waals surface area contributed by atoms with Crippen LogP contribution in [0.3, 0.4) is 0 Å². The van der Waals surface area contributed by atoms with E-state index < -0.39 is 0 Å². The molecule has 0 fully saturated rings. The highest BCUT2D eigenvalue weighted by atomic mass is 15.0. The van der Waals surface area contributed by atoms with Crippen molar-refractivity contribution in [2.75, 3.05) is 0 Å². The number of aromatic nitrogens is 1. The minimum Gasteiger partial charge on any atom is -0.309 e. The summed E-state index contributed by atoms with van der Waals surface area (Å²) < 4.78 is 2.40. The van der Waals surface area contributed by atoms with Gasteiger partial charge in [-0.2, -0.15) is 0 Å². The van der Waals surface area contributed by atoms with E-state index in [0.717, 1.165) is 12.8 Å². The summed E-state index contributed by atoms with van der Waals surface area (Å²) in [5, 5.41) is 2.53. The van der Waals surface area contributed by atoms with Crippen molar-refractivity contribution in [3.63, 3.8) is 0 Å². The van der Waals surface area contributed by atoms with Crippen molar-refractivity contribution >= 4 is 21.8 Å². The molecule has 1 aromatic heterocycles. The summed E-state index contributed by atoms with van der Waals surface area (Å²) in [6, 6.07) is 64.5. The standard InChI is InChI=1S/C50H39N/c1-4-15-37(16-5-1)38-26-29-45(30-27-38)51-49-25-11-10-24-46(49)48-35-44(28-31-50(48)51)43-23-13-22-42(34-43)41-21-12-14-36(32-41)33-47(39-17-6-2-7-18-39)40-19-8-3-9-20-40/h1-19,21-32,34-35,40,47H,20,33H2. The SMILES string of the molecule is C1=CCC(C(Cc2cccc(-c3cccc(-c4ccc5c(c4)c4ccccc4n5-c4ccc(-c5ccccc5)cc4)c3)c2)c2ccccc2)C=C1. The Morgan fingerprint density at radius 1 is 0.471 bits per heavy atom. The smallest absolute Gasteiger partial charge is 0.0541 e. The van der Waals surface area contributed by atoms with Crippen molar-refractivity contribution in [3.8, 4) is 39.1 Å². The van der Waals surface area contributed by atoms with Crippen LogP contribution in [0.25, 0.3) is 60.9 Å². The van der Waals surface area contributed by atoms with E-state index in [4.69, 9.17) is 0 Å². The fourth-order valence-electron chi connectivity index (χ4n) is 7.99. The molecule has 1 aliphatic carbocycles. The number of rotatable bonds is 8. The first-order valence-electron chi connectivity index (χ1n) is 18.1. The minimum absolute atomic E-state index is 0.435. The molecular weight excluding hydrogens is 615 g/mol. The molecule has 7 aromatic carbocycles. The zero-order chi connectivity index (χ0) is 34.0. The number of allylic oxidation sites excluding steroid dienone is 4. The first kappa shape index (κ1) is 30.8. The van der Waals surface area contributed by atoms with E-state index in [0.29, 0.717) is 11.8 Å². The predicted molar refractivity (Wildman–Crippen MR) is 216 cm³/mol. The van der Waals surface area contributed by atoms with Crippen LogP contribution < -0.4 is 0 Å². The summed E-state index contributed by atoms with van der Waals surface area (Å²) in [7, 11) is 0. The molecule has 0 saturated heterocycles. The summed E-state index contributed by atoms with van der Waals surface area (Å²) >= 11 is 0. The molecular formula is C50H39N. The maximum absolute atomic E-state index is 2.40. The van der Waals surface area contributed by atoms with Crippen molar-refractivity contribution in [2.45, 2.75) is 18.8 Å². The molecule has 0 radical (unpaired) electrons. The third-order valence-corrected chi connectivity index (χ3v) is 10.6. The number of nitrogens with zero attached hydrogens (tertiary/aromatic N) is 1. The second-order valence-electron chi connectivity index (χ2n) is 13.7. The average molecular weight is 654 g/mol. The van der Waals surface area contributed by atoms with Crippen LogP contribution >= 0.6 is 0 Å². The molecule has 0 bridgehead atoms. The summed E-state index contributed by atoms with van der Waals surface area (Å²) in [5.41, 5.74) is 13.8. The predicted octanol–water partition coefficient (Wildman–Crippen LogP) is 13.2. The van der Waals surface area contributed by atoms with Crippen molar-refractivity contribution in [1.29, 1.82) is 0 Å². The molecule has 0 saturated carbocycles. The second kappa shape index (κ2) is 13.6. The van der Waals surface area contributed by atoms with Gasteiger partial charge in [0, 0.05) is 16.5 Å². The van der Waals surface area contributed by atoms with Gasteiger partial charge in [-0.05, 0) is 106 Å². The molecule has 51 heavy (non-hydrogen) atoms. The van der Waals surface area contributed by atoms with Gasteiger partial charge in [-0.15, -0.1) is 0 Å². The molecule has 244 valence electrons. The van der Waals surface area contributed by atoms with Gasteiger partial charge in [-0.25, -0.2) is 0 Å². The number of hydrogen-bond acceptors (Lipinski definition) is 0. The lowest BCUT2D eigenvalue weighted by Gasteiger charge is -2.26. The van der Waals surface area contributed by atoms with Gasteiger partial charge in [-0.3, -0.25) is 0 Å². The minimum atomic E-state index is 0.435. The monoisotopic (exact) mass is 653 g/mol. The maximum atomic E-state index is 2.40. The van der Waals surface area contributed by atoms with E-state index in [1.807, 2.05) is 0 Å². The van der Waals surface area contributed by atoms with Crippen LogP contribution in [0.4, 0.5) is 0 Å². The highest BCUT2D eigenvalue weighted by Crippen LogP contribution is 2.38. The van der Waals surface area contributed by atoms with Gasteiger partial charge in [0.25, 0.3) is 0 Å². The second-order valence-corrected chi connectivity index (χ2v) is 13.7. The van der Waals surface area contributed by atoms with E-state index in [1.165, 1.54) is 72.0 Å². The normalized spacial score (nSPS) is 14.6. The molecule has 1 nitrogen and oxygen atoms in total. The van der Waals surface area contributed by atoms with Crippen molar-refractivity contribution in [3.05, 3.63) is 211 Å². The van der Waals surface area contributed by atoms with Crippen LogP contribution in [-0.2, 0) is 6.42 Å². The van der Waals surface area contributed by atoms with Crippen LogP contribution in [0.2, 0.25) is 0 Å². The first-order chi connectivity index (χ1) is 25.3. The molecule has 0 N–H and O–H groups in total. The molecule has 0 spiro atoms. The van der Waals surface area contributed by atoms with Crippen LogP contribution in [0.5, 0.6) is 0 Å². The molecule has 1 heterocycles. The molecule has 2 atom stereocenters. The average Bonchev–Trinajstić information content (AvgIpc) is 3.55. The Kier molecular flexibility index (Phi) is 8.24. The van der Waals surface area contributed by atoms with Gasteiger partial charge in [0.1, 0.15) is 0 Å². The van der Waals surface area contributed by atoms with Gasteiger partial charge in [0.05, 0.1) is 11.0 Å². The van der Waals surface area contributed by atoms with Gasteiger partial charge in [0.15, 0.2) is 0 Å². The van der Waals surface area contributed by atoms with Crippen LogP contribution in [-0.4, -0.2) is 4.57 Å². The number of benzene rings is 7. The molecule has 8 aromatic rings. The molecule has 9 rings (SSSR count). The van der Waals surface area contributed by atoms with Crippen molar-refractivity contribution in [1.82, 2.24) is 4.57 Å². The Morgan fingerprint density at radius 3 is 1.84 bits per heavy atom. The van der Waals surface area contributed by atoms with Gasteiger partial charge >= 0.3 is 0 Å². The Labute approximate surface area is 300 Å². The third-order valence-electron chi connectivity index (χ3n) is 10.6. The van der Waals surface area contributed by atoms with Crippen LogP contribution in [0.15, 0.2) is 200 Å². The van der Waals surface area contributed by atoms with E-state index in [9.17, 15) is 0 Å². The van der Waals surface area contributed by atoms with E-state index in [1.54, 1.807) is 0 Å². The molecule has 0 amide bonds. The van der Waals surface area contributed by atoms with Crippen LogP contribution in [0.1, 0.15) is 23.5 Å². The molecule has 1 heteroatoms. The van der Waals surface area contributed by atoms with Gasteiger partial charge < -0.3 is 4.57 Å². The van der Waals surface area contributed by atoms with E-state index in [2.05, 4.69) is 205 Å². The Bertz CT molecular complexity index is 2520. The van der Waals surface area contributed by atoms with Crippen molar-refractivity contribution < 1.29 is 0 Å². The lowest BCUT2D eigenvalue weighted by Crippen LogP contribution is -2.14. The Hall–Kier alpha value is -6.18. The lowest BCUT2D eigenvalue weighted by atomic mass is 9.78. The summed E-state index contributed by atoms with van der Waals surface area (Å²) in [6.45, 7) is 0.